The first kappa shape index (κ1) is 11.5. The monoisotopic (exact) mass is 224 g/mol. The SMILES string of the molecule is CC/C(C#N)=C(/N)c1ccc(Cl)c(F)c1. The zero-order chi connectivity index (χ0) is 11.4. The Kier molecular flexibility index (Phi) is 3.70. The first-order valence-corrected chi connectivity index (χ1v) is 4.82. The van der Waals surface area contributed by atoms with Crippen molar-refractivity contribution < 1.29 is 4.39 Å². The molecule has 0 bridgehead atoms. The van der Waals surface area contributed by atoms with Crippen LogP contribution >= 0.6 is 11.6 Å². The van der Waals surface area contributed by atoms with Gasteiger partial charge in [0, 0.05) is 5.56 Å². The van der Waals surface area contributed by atoms with E-state index in [1.165, 1.54) is 12.1 Å². The Morgan fingerprint density at radius 2 is 2.27 bits per heavy atom. The number of nitrogens with two attached hydrogens (primary N) is 1. The van der Waals surface area contributed by atoms with Gasteiger partial charge in [-0.05, 0) is 18.6 Å². The molecule has 0 aliphatic rings. The van der Waals surface area contributed by atoms with Crippen LogP contribution in [0, 0.1) is 17.1 Å². The van der Waals surface area contributed by atoms with Gasteiger partial charge < -0.3 is 5.73 Å². The number of rotatable bonds is 2. The van der Waals surface area contributed by atoms with Gasteiger partial charge in [0.2, 0.25) is 0 Å². The fraction of sp³-hybridized carbons (Fsp3) is 0.182. The van der Waals surface area contributed by atoms with Gasteiger partial charge in [-0.1, -0.05) is 24.6 Å². The molecule has 1 aromatic carbocycles. The number of hydrogen-bond donors (Lipinski definition) is 1. The van der Waals surface area contributed by atoms with E-state index in [2.05, 4.69) is 0 Å². The van der Waals surface area contributed by atoms with Crippen molar-refractivity contribution in [2.24, 2.45) is 5.73 Å². The van der Waals surface area contributed by atoms with E-state index in [4.69, 9.17) is 22.6 Å². The second-order valence-corrected chi connectivity index (χ2v) is 3.39. The third-order valence-corrected chi connectivity index (χ3v) is 2.35. The molecule has 0 aromatic heterocycles. The van der Waals surface area contributed by atoms with Crippen molar-refractivity contribution in [3.05, 3.63) is 40.2 Å². The molecule has 1 aromatic rings. The second-order valence-electron chi connectivity index (χ2n) is 2.99. The molecule has 4 heteroatoms. The summed E-state index contributed by atoms with van der Waals surface area (Å²) >= 11 is 5.54. The minimum Gasteiger partial charge on any atom is -0.397 e. The lowest BCUT2D eigenvalue weighted by molar-refractivity contribution is 0.627. The van der Waals surface area contributed by atoms with Crippen molar-refractivity contribution in [3.63, 3.8) is 0 Å². The van der Waals surface area contributed by atoms with Gasteiger partial charge in [-0.2, -0.15) is 5.26 Å². The van der Waals surface area contributed by atoms with E-state index in [-0.39, 0.29) is 5.02 Å². The summed E-state index contributed by atoms with van der Waals surface area (Å²) in [5.41, 5.74) is 6.95. The maximum absolute atomic E-state index is 13.1. The Balaban J connectivity index is 3.24. The number of nitrogens with zero attached hydrogens (tertiary/aromatic N) is 1. The van der Waals surface area contributed by atoms with Gasteiger partial charge in [0.25, 0.3) is 0 Å². The van der Waals surface area contributed by atoms with Gasteiger partial charge in [0.1, 0.15) is 5.82 Å². The summed E-state index contributed by atoms with van der Waals surface area (Å²) in [4.78, 5) is 0. The summed E-state index contributed by atoms with van der Waals surface area (Å²) in [6.45, 7) is 1.82. The molecule has 0 unspecified atom stereocenters. The lowest BCUT2D eigenvalue weighted by atomic mass is 10.1. The predicted molar refractivity (Wildman–Crippen MR) is 58.4 cm³/mol. The molecule has 0 spiro atoms. The van der Waals surface area contributed by atoms with Gasteiger partial charge in [0.05, 0.1) is 22.4 Å². The van der Waals surface area contributed by atoms with Crippen molar-refractivity contribution >= 4 is 17.3 Å². The van der Waals surface area contributed by atoms with Gasteiger partial charge in [-0.15, -0.1) is 0 Å². The predicted octanol–water partition coefficient (Wildman–Crippen LogP) is 3.08. The zero-order valence-corrected chi connectivity index (χ0v) is 8.98. The van der Waals surface area contributed by atoms with Gasteiger partial charge in [-0.3, -0.25) is 0 Å². The molecule has 0 saturated heterocycles. The van der Waals surface area contributed by atoms with E-state index in [0.29, 0.717) is 23.3 Å². The number of nitriles is 1. The first-order chi connectivity index (χ1) is 7.10. The number of benzene rings is 1. The number of hydrogen-bond acceptors (Lipinski definition) is 2. The van der Waals surface area contributed by atoms with Crippen LogP contribution in [-0.2, 0) is 0 Å². The molecule has 2 nitrogen and oxygen atoms in total. The summed E-state index contributed by atoms with van der Waals surface area (Å²) in [5.74, 6) is -0.537. The number of allylic oxidation sites excluding steroid dienone is 1. The lowest BCUT2D eigenvalue weighted by Crippen LogP contribution is -2.01. The maximum Gasteiger partial charge on any atom is 0.142 e. The van der Waals surface area contributed by atoms with Crippen LogP contribution in [0.3, 0.4) is 0 Å². The first-order valence-electron chi connectivity index (χ1n) is 4.44. The van der Waals surface area contributed by atoms with Crippen LogP contribution in [0.2, 0.25) is 5.02 Å². The minimum atomic E-state index is -0.537. The molecule has 0 aliphatic heterocycles. The van der Waals surface area contributed by atoms with Gasteiger partial charge in [-0.25, -0.2) is 4.39 Å². The summed E-state index contributed by atoms with van der Waals surface area (Å²) in [7, 11) is 0. The van der Waals surface area contributed by atoms with E-state index in [1.54, 1.807) is 6.07 Å². The molecular formula is C11H10ClFN2. The maximum atomic E-state index is 13.1. The van der Waals surface area contributed by atoms with Crippen molar-refractivity contribution in [1.82, 2.24) is 0 Å². The van der Waals surface area contributed by atoms with Crippen molar-refractivity contribution in [1.29, 1.82) is 5.26 Å². The number of halogens is 2. The van der Waals surface area contributed by atoms with E-state index >= 15 is 0 Å². The molecule has 0 aliphatic carbocycles. The van der Waals surface area contributed by atoms with Crippen LogP contribution in [0.15, 0.2) is 23.8 Å². The summed E-state index contributed by atoms with van der Waals surface area (Å²) in [5, 5.41) is 8.82. The Hall–Kier alpha value is -1.53. The third-order valence-electron chi connectivity index (χ3n) is 2.04. The topological polar surface area (TPSA) is 49.8 Å². The van der Waals surface area contributed by atoms with E-state index in [9.17, 15) is 4.39 Å². The third kappa shape index (κ3) is 2.48. The Labute approximate surface area is 92.8 Å². The molecule has 0 radical (unpaired) electrons. The van der Waals surface area contributed by atoms with Gasteiger partial charge in [0.15, 0.2) is 0 Å². The zero-order valence-electron chi connectivity index (χ0n) is 8.22. The molecule has 78 valence electrons. The highest BCUT2D eigenvalue weighted by Crippen LogP contribution is 2.21. The van der Waals surface area contributed by atoms with E-state index in [0.717, 1.165) is 0 Å². The van der Waals surface area contributed by atoms with Gasteiger partial charge >= 0.3 is 0 Å². The molecule has 0 amide bonds. The smallest absolute Gasteiger partial charge is 0.142 e. The highest BCUT2D eigenvalue weighted by molar-refractivity contribution is 6.30. The summed E-state index contributed by atoms with van der Waals surface area (Å²) in [6, 6.07) is 6.22. The second kappa shape index (κ2) is 4.81. The quantitative estimate of drug-likeness (QED) is 0.785. The molecule has 0 saturated carbocycles. The molecule has 0 fully saturated rings. The average Bonchev–Trinajstić information content (AvgIpc) is 2.23. The summed E-state index contributed by atoms with van der Waals surface area (Å²) in [6.07, 6.45) is 0.520. The van der Waals surface area contributed by atoms with Crippen molar-refractivity contribution in [2.45, 2.75) is 13.3 Å². The molecule has 0 atom stereocenters. The summed E-state index contributed by atoms with van der Waals surface area (Å²) < 4.78 is 13.1. The van der Waals surface area contributed by atoms with Crippen molar-refractivity contribution in [2.75, 3.05) is 0 Å². The van der Waals surface area contributed by atoms with Crippen LogP contribution in [0.4, 0.5) is 4.39 Å². The van der Waals surface area contributed by atoms with Crippen LogP contribution in [0.25, 0.3) is 5.70 Å². The Bertz CT molecular complexity index is 446. The van der Waals surface area contributed by atoms with Crippen LogP contribution < -0.4 is 5.73 Å². The normalized spacial score (nSPS) is 11.9. The molecule has 2 N–H and O–H groups in total. The van der Waals surface area contributed by atoms with Crippen LogP contribution in [0.1, 0.15) is 18.9 Å². The molecule has 15 heavy (non-hydrogen) atoms. The lowest BCUT2D eigenvalue weighted by Gasteiger charge is -2.04. The minimum absolute atomic E-state index is 0.0431. The fourth-order valence-corrected chi connectivity index (χ4v) is 1.29. The highest BCUT2D eigenvalue weighted by Gasteiger charge is 2.06. The standard InChI is InChI=1S/C11H10ClFN2/c1-2-7(6-14)11(15)8-3-4-9(12)10(13)5-8/h3-5H,2,15H2,1H3/b11-7-. The van der Waals surface area contributed by atoms with Crippen LogP contribution in [0.5, 0.6) is 0 Å². The Morgan fingerprint density at radius 1 is 1.60 bits per heavy atom. The molecule has 1 rings (SSSR count). The fourth-order valence-electron chi connectivity index (χ4n) is 1.17. The molecular weight excluding hydrogens is 215 g/mol. The Morgan fingerprint density at radius 3 is 2.73 bits per heavy atom. The van der Waals surface area contributed by atoms with E-state index < -0.39 is 5.82 Å². The van der Waals surface area contributed by atoms with Crippen LogP contribution in [-0.4, -0.2) is 0 Å². The highest BCUT2D eigenvalue weighted by atomic mass is 35.5. The average molecular weight is 225 g/mol. The van der Waals surface area contributed by atoms with Crippen molar-refractivity contribution in [3.8, 4) is 6.07 Å². The molecule has 0 heterocycles. The largest absolute Gasteiger partial charge is 0.397 e. The van der Waals surface area contributed by atoms with E-state index in [1.807, 2.05) is 13.0 Å².